The van der Waals surface area contributed by atoms with E-state index in [-0.39, 0.29) is 5.91 Å². The summed E-state index contributed by atoms with van der Waals surface area (Å²) in [4.78, 5) is 14.0. The van der Waals surface area contributed by atoms with Gasteiger partial charge in [0.05, 0.1) is 5.69 Å². The molecule has 1 aromatic carbocycles. The summed E-state index contributed by atoms with van der Waals surface area (Å²) < 4.78 is 1.78. The summed E-state index contributed by atoms with van der Waals surface area (Å²) in [5.74, 6) is 0.0327. The fourth-order valence-electron chi connectivity index (χ4n) is 2.72. The lowest BCUT2D eigenvalue weighted by molar-refractivity contribution is -0.137. The quantitative estimate of drug-likeness (QED) is 0.869. The minimum absolute atomic E-state index is 0.0327. The number of hydrogen-bond donors (Lipinski definition) is 0. The van der Waals surface area contributed by atoms with Crippen LogP contribution >= 0.6 is 0 Å². The minimum Gasteiger partial charge on any atom is -0.347 e. The van der Waals surface area contributed by atoms with E-state index >= 15 is 0 Å². The molecule has 0 saturated heterocycles. The van der Waals surface area contributed by atoms with Crippen LogP contribution in [-0.2, 0) is 16.8 Å². The number of nitrogens with zero attached hydrogens (tertiary/aromatic N) is 3. The highest BCUT2D eigenvalue weighted by molar-refractivity contribution is 5.83. The lowest BCUT2D eigenvalue weighted by Gasteiger charge is -2.27. The van der Waals surface area contributed by atoms with Crippen LogP contribution in [0.15, 0.2) is 30.5 Å². The van der Waals surface area contributed by atoms with E-state index in [0.29, 0.717) is 0 Å². The van der Waals surface area contributed by atoms with Crippen LogP contribution < -0.4 is 0 Å². The zero-order valence-electron chi connectivity index (χ0n) is 14.3. The first-order valence-electron chi connectivity index (χ1n) is 7.65. The third kappa shape index (κ3) is 2.78. The van der Waals surface area contributed by atoms with Gasteiger partial charge in [0, 0.05) is 25.9 Å². The average Bonchev–Trinajstić information content (AvgIpc) is 2.88. The first-order valence-corrected chi connectivity index (χ1v) is 7.65. The Hall–Kier alpha value is -2.10. The summed E-state index contributed by atoms with van der Waals surface area (Å²) >= 11 is 0. The highest BCUT2D eigenvalue weighted by Gasteiger charge is 2.32. The maximum atomic E-state index is 12.4. The zero-order chi connectivity index (χ0) is 16.5. The van der Waals surface area contributed by atoms with Crippen molar-refractivity contribution < 1.29 is 4.79 Å². The molecule has 0 N–H and O–H groups in total. The predicted octanol–water partition coefficient (Wildman–Crippen LogP) is 3.24. The number of benzene rings is 1. The molecule has 2 rings (SSSR count). The molecule has 0 atom stereocenters. The van der Waals surface area contributed by atoms with Crippen molar-refractivity contribution in [2.45, 2.75) is 39.7 Å². The fourth-order valence-corrected chi connectivity index (χ4v) is 2.72. The second-order valence-corrected chi connectivity index (χ2v) is 6.37. The Kier molecular flexibility index (Phi) is 4.40. The lowest BCUT2D eigenvalue weighted by atomic mass is 10.0. The average molecular weight is 299 g/mol. The van der Waals surface area contributed by atoms with Crippen molar-refractivity contribution in [3.05, 3.63) is 41.6 Å². The SMILES string of the molecule is CCc1ccccc1-c1nn(C(C)(C)C(=O)N(C)C)cc1C. The third-order valence-corrected chi connectivity index (χ3v) is 4.05. The van der Waals surface area contributed by atoms with Gasteiger partial charge in [0.1, 0.15) is 5.54 Å². The number of carbonyl (C=O) groups excluding carboxylic acids is 1. The molecule has 0 aliphatic heterocycles. The molecule has 0 aliphatic rings. The zero-order valence-corrected chi connectivity index (χ0v) is 14.3. The van der Waals surface area contributed by atoms with Gasteiger partial charge in [-0.2, -0.15) is 5.10 Å². The predicted molar refractivity (Wildman–Crippen MR) is 89.8 cm³/mol. The van der Waals surface area contributed by atoms with Gasteiger partial charge in [-0.25, -0.2) is 0 Å². The largest absolute Gasteiger partial charge is 0.347 e. The highest BCUT2D eigenvalue weighted by atomic mass is 16.2. The number of aromatic nitrogens is 2. The first-order chi connectivity index (χ1) is 10.3. The van der Waals surface area contributed by atoms with Crippen molar-refractivity contribution in [2.75, 3.05) is 14.1 Å². The van der Waals surface area contributed by atoms with Gasteiger partial charge in [-0.1, -0.05) is 31.2 Å². The Morgan fingerprint density at radius 2 is 1.91 bits per heavy atom. The molecule has 1 aromatic heterocycles. The lowest BCUT2D eigenvalue weighted by Crippen LogP contribution is -2.44. The van der Waals surface area contributed by atoms with Crippen molar-refractivity contribution in [3.63, 3.8) is 0 Å². The Bertz CT molecular complexity index is 683. The second-order valence-electron chi connectivity index (χ2n) is 6.37. The number of rotatable bonds is 4. The summed E-state index contributed by atoms with van der Waals surface area (Å²) in [6.07, 6.45) is 2.92. The molecule has 0 fully saturated rings. The molecular weight excluding hydrogens is 274 g/mol. The topological polar surface area (TPSA) is 38.1 Å². The van der Waals surface area contributed by atoms with Gasteiger partial charge in [-0.15, -0.1) is 0 Å². The van der Waals surface area contributed by atoms with Crippen LogP contribution in [0, 0.1) is 6.92 Å². The molecule has 0 saturated carbocycles. The van der Waals surface area contributed by atoms with E-state index in [0.717, 1.165) is 23.2 Å². The molecule has 0 unspecified atom stereocenters. The Morgan fingerprint density at radius 3 is 2.50 bits per heavy atom. The van der Waals surface area contributed by atoms with Crippen LogP contribution in [0.4, 0.5) is 0 Å². The number of hydrogen-bond acceptors (Lipinski definition) is 2. The van der Waals surface area contributed by atoms with Gasteiger partial charge in [0.2, 0.25) is 5.91 Å². The van der Waals surface area contributed by atoms with Crippen LogP contribution in [-0.4, -0.2) is 34.7 Å². The van der Waals surface area contributed by atoms with Crippen molar-refractivity contribution in [1.29, 1.82) is 0 Å². The van der Waals surface area contributed by atoms with Gasteiger partial charge in [-0.3, -0.25) is 9.48 Å². The van der Waals surface area contributed by atoms with Crippen molar-refractivity contribution in [3.8, 4) is 11.3 Å². The molecule has 0 aliphatic carbocycles. The highest BCUT2D eigenvalue weighted by Crippen LogP contribution is 2.28. The molecule has 2 aromatic rings. The Balaban J connectivity index is 2.51. The van der Waals surface area contributed by atoms with Gasteiger partial charge in [0.25, 0.3) is 0 Å². The van der Waals surface area contributed by atoms with E-state index in [9.17, 15) is 4.79 Å². The number of amides is 1. The first kappa shape index (κ1) is 16.3. The molecule has 4 nitrogen and oxygen atoms in total. The molecule has 118 valence electrons. The van der Waals surface area contributed by atoms with Crippen molar-refractivity contribution >= 4 is 5.91 Å². The normalized spacial score (nSPS) is 11.5. The molecule has 1 amide bonds. The minimum atomic E-state index is -0.701. The standard InChI is InChI=1S/C18H25N3O/c1-7-14-10-8-9-11-15(14)16-13(2)12-21(19-16)18(3,4)17(22)20(5)6/h8-12H,7H2,1-6H3. The molecule has 1 heterocycles. The maximum Gasteiger partial charge on any atom is 0.249 e. The fraction of sp³-hybridized carbons (Fsp3) is 0.444. The summed E-state index contributed by atoms with van der Waals surface area (Å²) in [7, 11) is 3.54. The van der Waals surface area contributed by atoms with Crippen molar-refractivity contribution in [2.24, 2.45) is 0 Å². The second kappa shape index (κ2) is 5.95. The van der Waals surface area contributed by atoms with E-state index in [1.807, 2.05) is 39.1 Å². The van der Waals surface area contributed by atoms with Crippen LogP contribution in [0.5, 0.6) is 0 Å². The maximum absolute atomic E-state index is 12.4. The summed E-state index contributed by atoms with van der Waals surface area (Å²) in [5, 5.41) is 4.73. The third-order valence-electron chi connectivity index (χ3n) is 4.05. The smallest absolute Gasteiger partial charge is 0.249 e. The summed E-state index contributed by atoms with van der Waals surface area (Å²) in [5.41, 5.74) is 3.76. The van der Waals surface area contributed by atoms with Gasteiger partial charge >= 0.3 is 0 Å². The molecule has 0 bridgehead atoms. The Morgan fingerprint density at radius 1 is 1.27 bits per heavy atom. The molecule has 0 radical (unpaired) electrons. The number of aryl methyl sites for hydroxylation is 2. The van der Waals surface area contributed by atoms with E-state index in [1.165, 1.54) is 5.56 Å². The van der Waals surface area contributed by atoms with Crippen molar-refractivity contribution in [1.82, 2.24) is 14.7 Å². The Labute approximate surface area is 132 Å². The van der Waals surface area contributed by atoms with Crippen LogP contribution in [0.1, 0.15) is 31.9 Å². The molecule has 4 heteroatoms. The molecular formula is C18H25N3O. The van der Waals surface area contributed by atoms with Gasteiger partial charge in [-0.05, 0) is 38.3 Å². The summed E-state index contributed by atoms with van der Waals surface area (Å²) in [6, 6.07) is 8.31. The van der Waals surface area contributed by atoms with E-state index in [4.69, 9.17) is 5.10 Å². The van der Waals surface area contributed by atoms with E-state index in [1.54, 1.807) is 23.7 Å². The summed E-state index contributed by atoms with van der Waals surface area (Å²) in [6.45, 7) is 7.99. The monoisotopic (exact) mass is 299 g/mol. The van der Waals surface area contributed by atoms with Crippen LogP contribution in [0.2, 0.25) is 0 Å². The number of likely N-dealkylation sites (N-methyl/N-ethyl adjacent to an activating group) is 1. The van der Waals surface area contributed by atoms with E-state index < -0.39 is 5.54 Å². The number of carbonyl (C=O) groups is 1. The molecule has 22 heavy (non-hydrogen) atoms. The van der Waals surface area contributed by atoms with Gasteiger partial charge in [0.15, 0.2) is 0 Å². The van der Waals surface area contributed by atoms with Gasteiger partial charge < -0.3 is 4.90 Å². The molecule has 0 spiro atoms. The van der Waals surface area contributed by atoms with E-state index in [2.05, 4.69) is 19.1 Å². The van der Waals surface area contributed by atoms with Crippen LogP contribution in [0.3, 0.4) is 0 Å². The van der Waals surface area contributed by atoms with Crippen LogP contribution in [0.25, 0.3) is 11.3 Å².